The molecule has 0 saturated carbocycles. The van der Waals surface area contributed by atoms with Crippen LogP contribution in [0.5, 0.6) is 0 Å². The molecule has 3 N–H and O–H groups in total. The van der Waals surface area contributed by atoms with Crippen LogP contribution < -0.4 is 11.1 Å². The molecule has 1 rings (SSSR count). The van der Waals surface area contributed by atoms with E-state index in [9.17, 15) is 4.39 Å². The first-order valence-electron chi connectivity index (χ1n) is 4.49. The van der Waals surface area contributed by atoms with Crippen LogP contribution in [0.2, 0.25) is 0 Å². The summed E-state index contributed by atoms with van der Waals surface area (Å²) in [5.74, 6) is -0.332. The van der Waals surface area contributed by atoms with Crippen LogP contribution in [0.15, 0.2) is 24.8 Å². The summed E-state index contributed by atoms with van der Waals surface area (Å²) >= 11 is 0. The molecule has 1 atom stereocenters. The molecular weight excluding hydrogens is 179 g/mol. The Kier molecular flexibility index (Phi) is 3.12. The fourth-order valence-electron chi connectivity index (χ4n) is 1.11. The molecule has 0 saturated heterocycles. The van der Waals surface area contributed by atoms with Gasteiger partial charge in [0.25, 0.3) is 0 Å². The highest BCUT2D eigenvalue weighted by Crippen LogP contribution is 2.21. The molecule has 1 aromatic carbocycles. The number of benzene rings is 1. The Morgan fingerprint density at radius 3 is 2.79 bits per heavy atom. The summed E-state index contributed by atoms with van der Waals surface area (Å²) in [5.41, 5.74) is 7.36. The molecule has 0 aromatic heterocycles. The third-order valence-corrected chi connectivity index (χ3v) is 2.09. The first-order chi connectivity index (χ1) is 6.54. The number of hydrogen-bond donors (Lipinski definition) is 2. The molecule has 0 fully saturated rings. The molecule has 1 aromatic rings. The molecule has 0 amide bonds. The van der Waals surface area contributed by atoms with Gasteiger partial charge >= 0.3 is 0 Å². The second-order valence-corrected chi connectivity index (χ2v) is 3.36. The lowest BCUT2D eigenvalue weighted by Gasteiger charge is -2.13. The van der Waals surface area contributed by atoms with Gasteiger partial charge in [-0.3, -0.25) is 0 Å². The van der Waals surface area contributed by atoms with Crippen LogP contribution in [0.3, 0.4) is 0 Å². The summed E-state index contributed by atoms with van der Waals surface area (Å²) < 4.78 is 13.4. The average Bonchev–Trinajstić information content (AvgIpc) is 2.14. The van der Waals surface area contributed by atoms with Crippen molar-refractivity contribution < 1.29 is 4.39 Å². The number of anilines is 2. The van der Waals surface area contributed by atoms with Crippen molar-refractivity contribution in [1.82, 2.24) is 0 Å². The predicted molar refractivity (Wildman–Crippen MR) is 58.8 cm³/mol. The van der Waals surface area contributed by atoms with E-state index in [-0.39, 0.29) is 11.9 Å². The average molecular weight is 194 g/mol. The number of hydrogen-bond acceptors (Lipinski definition) is 2. The smallest absolute Gasteiger partial charge is 0.148 e. The second kappa shape index (κ2) is 4.13. The quantitative estimate of drug-likeness (QED) is 0.573. The van der Waals surface area contributed by atoms with Crippen LogP contribution in [0.25, 0.3) is 0 Å². The van der Waals surface area contributed by atoms with Crippen molar-refractivity contribution >= 4 is 11.4 Å². The van der Waals surface area contributed by atoms with E-state index in [0.29, 0.717) is 11.4 Å². The molecule has 0 heterocycles. The van der Waals surface area contributed by atoms with Gasteiger partial charge in [-0.05, 0) is 31.5 Å². The van der Waals surface area contributed by atoms with Gasteiger partial charge in [0.15, 0.2) is 0 Å². The first-order valence-corrected chi connectivity index (χ1v) is 4.49. The minimum atomic E-state index is -0.332. The zero-order valence-electron chi connectivity index (χ0n) is 8.47. The van der Waals surface area contributed by atoms with Crippen molar-refractivity contribution in [3.63, 3.8) is 0 Å². The minimum Gasteiger partial charge on any atom is -0.398 e. The normalized spacial score (nSPS) is 12.2. The van der Waals surface area contributed by atoms with Gasteiger partial charge in [-0.2, -0.15) is 0 Å². The maximum Gasteiger partial charge on any atom is 0.148 e. The van der Waals surface area contributed by atoms with E-state index in [2.05, 4.69) is 11.9 Å². The van der Waals surface area contributed by atoms with Crippen LogP contribution in [-0.2, 0) is 0 Å². The largest absolute Gasteiger partial charge is 0.398 e. The van der Waals surface area contributed by atoms with Gasteiger partial charge in [0.05, 0.1) is 5.69 Å². The molecule has 3 heteroatoms. The van der Waals surface area contributed by atoms with Crippen molar-refractivity contribution in [2.75, 3.05) is 11.1 Å². The molecule has 0 spiro atoms. The monoisotopic (exact) mass is 194 g/mol. The summed E-state index contributed by atoms with van der Waals surface area (Å²) in [6.45, 7) is 7.36. The SMILES string of the molecule is C=CC(C)Nc1cc(C)c(N)cc1F. The van der Waals surface area contributed by atoms with Gasteiger partial charge in [0.1, 0.15) is 5.82 Å². The Bertz CT molecular complexity index is 347. The summed E-state index contributed by atoms with van der Waals surface area (Å²) in [4.78, 5) is 0. The number of nitrogens with one attached hydrogen (secondary N) is 1. The molecule has 2 nitrogen and oxygen atoms in total. The number of nitrogen functional groups attached to an aromatic ring is 1. The van der Waals surface area contributed by atoms with Gasteiger partial charge in [-0.25, -0.2) is 4.39 Å². The van der Waals surface area contributed by atoms with Crippen LogP contribution in [-0.4, -0.2) is 6.04 Å². The van der Waals surface area contributed by atoms with E-state index in [1.807, 2.05) is 13.8 Å². The Morgan fingerprint density at radius 2 is 2.21 bits per heavy atom. The Hall–Kier alpha value is -1.51. The number of nitrogens with two attached hydrogens (primary N) is 1. The standard InChI is InChI=1S/C11H15FN2/c1-4-8(3)14-11-5-7(2)10(13)6-9(11)12/h4-6,8,14H,1,13H2,2-3H3. The zero-order valence-corrected chi connectivity index (χ0v) is 8.47. The third-order valence-electron chi connectivity index (χ3n) is 2.09. The second-order valence-electron chi connectivity index (χ2n) is 3.36. The van der Waals surface area contributed by atoms with Crippen molar-refractivity contribution in [2.45, 2.75) is 19.9 Å². The molecule has 0 aliphatic heterocycles. The van der Waals surface area contributed by atoms with Crippen LogP contribution >= 0.6 is 0 Å². The number of halogens is 1. The van der Waals surface area contributed by atoms with E-state index >= 15 is 0 Å². The van der Waals surface area contributed by atoms with E-state index in [1.165, 1.54) is 6.07 Å². The van der Waals surface area contributed by atoms with Gasteiger partial charge in [-0.15, -0.1) is 6.58 Å². The van der Waals surface area contributed by atoms with E-state index in [4.69, 9.17) is 5.73 Å². The fraction of sp³-hybridized carbons (Fsp3) is 0.273. The summed E-state index contributed by atoms with van der Waals surface area (Å²) in [6, 6.07) is 3.06. The highest BCUT2D eigenvalue weighted by molar-refractivity contribution is 5.58. The number of rotatable bonds is 3. The lowest BCUT2D eigenvalue weighted by molar-refractivity contribution is 0.629. The van der Waals surface area contributed by atoms with Gasteiger partial charge in [-0.1, -0.05) is 6.08 Å². The van der Waals surface area contributed by atoms with E-state index < -0.39 is 0 Å². The van der Waals surface area contributed by atoms with Gasteiger partial charge < -0.3 is 11.1 Å². The summed E-state index contributed by atoms with van der Waals surface area (Å²) in [7, 11) is 0. The minimum absolute atomic E-state index is 0.0347. The lowest BCUT2D eigenvalue weighted by Crippen LogP contribution is -2.12. The predicted octanol–water partition coefficient (Wildman–Crippen LogP) is 2.70. The molecule has 76 valence electrons. The Balaban J connectivity index is 2.97. The molecule has 14 heavy (non-hydrogen) atoms. The van der Waals surface area contributed by atoms with E-state index in [1.54, 1.807) is 12.1 Å². The fourth-order valence-corrected chi connectivity index (χ4v) is 1.11. The lowest BCUT2D eigenvalue weighted by atomic mass is 10.1. The van der Waals surface area contributed by atoms with Crippen LogP contribution in [0.1, 0.15) is 12.5 Å². The number of aryl methyl sites for hydroxylation is 1. The summed E-state index contributed by atoms with van der Waals surface area (Å²) in [5, 5.41) is 2.98. The highest BCUT2D eigenvalue weighted by Gasteiger charge is 2.06. The van der Waals surface area contributed by atoms with Crippen molar-refractivity contribution in [3.05, 3.63) is 36.2 Å². The Labute approximate surface area is 83.6 Å². The van der Waals surface area contributed by atoms with Crippen molar-refractivity contribution in [2.24, 2.45) is 0 Å². The third kappa shape index (κ3) is 2.25. The zero-order chi connectivity index (χ0) is 10.7. The summed E-state index contributed by atoms with van der Waals surface area (Å²) in [6.07, 6.45) is 1.71. The highest BCUT2D eigenvalue weighted by atomic mass is 19.1. The molecule has 0 bridgehead atoms. The molecular formula is C11H15FN2. The Morgan fingerprint density at radius 1 is 1.57 bits per heavy atom. The van der Waals surface area contributed by atoms with Crippen LogP contribution in [0.4, 0.5) is 15.8 Å². The van der Waals surface area contributed by atoms with Gasteiger partial charge in [0.2, 0.25) is 0 Å². The molecule has 0 aliphatic carbocycles. The topological polar surface area (TPSA) is 38.0 Å². The molecule has 0 radical (unpaired) electrons. The maximum absolute atomic E-state index is 13.4. The maximum atomic E-state index is 13.4. The van der Waals surface area contributed by atoms with Gasteiger partial charge in [0, 0.05) is 11.7 Å². The van der Waals surface area contributed by atoms with Crippen molar-refractivity contribution in [3.8, 4) is 0 Å². The van der Waals surface area contributed by atoms with Crippen LogP contribution in [0, 0.1) is 12.7 Å². The molecule has 0 aliphatic rings. The first kappa shape index (κ1) is 10.6. The van der Waals surface area contributed by atoms with Crippen molar-refractivity contribution in [1.29, 1.82) is 0 Å². The molecule has 1 unspecified atom stereocenters. The van der Waals surface area contributed by atoms with E-state index in [0.717, 1.165) is 5.56 Å².